The third-order valence-electron chi connectivity index (χ3n) is 5.02. The van der Waals surface area contributed by atoms with Gasteiger partial charge in [0.15, 0.2) is 5.82 Å². The predicted molar refractivity (Wildman–Crippen MR) is 134 cm³/mol. The Kier molecular flexibility index (Phi) is 6.78. The van der Waals surface area contributed by atoms with Gasteiger partial charge in [-0.1, -0.05) is 23.2 Å². The molecule has 0 fully saturated rings. The summed E-state index contributed by atoms with van der Waals surface area (Å²) in [7, 11) is 0. The monoisotopic (exact) mass is 516 g/mol. The molecule has 0 aliphatic rings. The lowest BCUT2D eigenvalue weighted by Crippen LogP contribution is -2.22. The van der Waals surface area contributed by atoms with Crippen molar-refractivity contribution in [3.63, 3.8) is 0 Å². The zero-order chi connectivity index (χ0) is 24.6. The first-order valence-electron chi connectivity index (χ1n) is 10.4. The van der Waals surface area contributed by atoms with E-state index >= 15 is 0 Å². The quantitative estimate of drug-likeness (QED) is 0.364. The number of aryl methyl sites for hydroxylation is 2. The van der Waals surface area contributed by atoms with Crippen LogP contribution in [-0.2, 0) is 12.2 Å². The molecule has 4 aromatic heterocycles. The molecule has 4 heterocycles. The second-order valence-electron chi connectivity index (χ2n) is 8.30. The highest BCUT2D eigenvalue weighted by Crippen LogP contribution is 2.29. The van der Waals surface area contributed by atoms with Crippen LogP contribution in [0.15, 0.2) is 46.8 Å². The molecule has 10 heteroatoms. The summed E-state index contributed by atoms with van der Waals surface area (Å²) in [6.07, 6.45) is 2.99. The number of pyridine rings is 2. The smallest absolute Gasteiger partial charge is 0.277 e. The van der Waals surface area contributed by atoms with Crippen molar-refractivity contribution >= 4 is 34.5 Å². The van der Waals surface area contributed by atoms with Gasteiger partial charge in [0.1, 0.15) is 23.0 Å². The van der Waals surface area contributed by atoms with Gasteiger partial charge in [0.2, 0.25) is 0 Å². The Labute approximate surface area is 210 Å². The minimum atomic E-state index is -1.22. The molecule has 34 heavy (non-hydrogen) atoms. The normalized spacial score (nSPS) is 11.6. The highest BCUT2D eigenvalue weighted by atomic mass is 35.5. The second-order valence-corrected chi connectivity index (χ2v) is 10.2. The summed E-state index contributed by atoms with van der Waals surface area (Å²) in [4.78, 5) is 27.3. The lowest BCUT2D eigenvalue weighted by Gasteiger charge is -2.17. The summed E-state index contributed by atoms with van der Waals surface area (Å²) in [5.74, 6) is 0.558. The fourth-order valence-electron chi connectivity index (χ4n) is 3.36. The fourth-order valence-corrected chi connectivity index (χ4v) is 4.43. The van der Waals surface area contributed by atoms with Gasteiger partial charge in [-0.2, -0.15) is 0 Å². The van der Waals surface area contributed by atoms with Crippen molar-refractivity contribution in [2.75, 3.05) is 0 Å². The van der Waals surface area contributed by atoms with Crippen molar-refractivity contribution in [2.45, 2.75) is 39.9 Å². The average molecular weight is 517 g/mol. The van der Waals surface area contributed by atoms with E-state index in [1.807, 2.05) is 18.4 Å². The van der Waals surface area contributed by atoms with E-state index < -0.39 is 11.2 Å². The number of rotatable bonds is 6. The van der Waals surface area contributed by atoms with Gasteiger partial charge in [-0.15, -0.1) is 11.3 Å². The third kappa shape index (κ3) is 5.00. The number of thiophene rings is 1. The van der Waals surface area contributed by atoms with Gasteiger partial charge in [0, 0.05) is 34.6 Å². The molecule has 0 unspecified atom stereocenters. The van der Waals surface area contributed by atoms with Gasteiger partial charge < -0.3 is 9.84 Å². The number of ether oxygens (including phenoxy) is 1. The molecule has 176 valence electrons. The summed E-state index contributed by atoms with van der Waals surface area (Å²) in [5.41, 5.74) is 1.26. The largest absolute Gasteiger partial charge is 0.487 e. The molecule has 0 spiro atoms. The summed E-state index contributed by atoms with van der Waals surface area (Å²) < 4.78 is 7.24. The van der Waals surface area contributed by atoms with E-state index in [2.05, 4.69) is 15.0 Å². The lowest BCUT2D eigenvalue weighted by molar-refractivity contribution is 0.0688. The maximum atomic E-state index is 13.2. The Bertz CT molecular complexity index is 1430. The Hall–Kier alpha value is -2.78. The molecule has 0 saturated heterocycles. The third-order valence-corrected chi connectivity index (χ3v) is 6.57. The fraction of sp³-hybridized carbons (Fsp3) is 0.250. The molecule has 7 nitrogen and oxygen atoms in total. The summed E-state index contributed by atoms with van der Waals surface area (Å²) in [6, 6.07) is 7.05. The van der Waals surface area contributed by atoms with Crippen molar-refractivity contribution in [2.24, 2.45) is 0 Å². The van der Waals surface area contributed by atoms with E-state index in [4.69, 9.17) is 27.9 Å². The zero-order valence-corrected chi connectivity index (χ0v) is 21.3. The first kappa shape index (κ1) is 24.3. The Balaban J connectivity index is 1.73. The molecule has 4 aromatic rings. The maximum Gasteiger partial charge on any atom is 0.277 e. The van der Waals surface area contributed by atoms with Gasteiger partial charge in [0.05, 0.1) is 22.1 Å². The highest BCUT2D eigenvalue weighted by Gasteiger charge is 2.21. The first-order valence-corrected chi connectivity index (χ1v) is 12.0. The van der Waals surface area contributed by atoms with Crippen molar-refractivity contribution in [1.82, 2.24) is 19.5 Å². The van der Waals surface area contributed by atoms with E-state index in [0.29, 0.717) is 35.1 Å². The van der Waals surface area contributed by atoms with Gasteiger partial charge in [0.25, 0.3) is 5.56 Å². The van der Waals surface area contributed by atoms with E-state index in [9.17, 15) is 9.90 Å². The Morgan fingerprint density at radius 3 is 2.59 bits per heavy atom. The number of nitrogens with zero attached hydrogens (tertiary/aromatic N) is 4. The molecule has 0 aliphatic carbocycles. The molecule has 0 saturated carbocycles. The van der Waals surface area contributed by atoms with Crippen LogP contribution in [0.1, 0.15) is 35.8 Å². The molecule has 0 atom stereocenters. The van der Waals surface area contributed by atoms with Crippen LogP contribution in [0.25, 0.3) is 17.1 Å². The molecular weight excluding hydrogens is 495 g/mol. The first-order chi connectivity index (χ1) is 16.0. The summed E-state index contributed by atoms with van der Waals surface area (Å²) in [5, 5.41) is 12.5. The van der Waals surface area contributed by atoms with Crippen molar-refractivity contribution in [3.05, 3.63) is 84.4 Å². The van der Waals surface area contributed by atoms with Crippen LogP contribution in [-0.4, -0.2) is 24.6 Å². The predicted octanol–water partition coefficient (Wildman–Crippen LogP) is 5.48. The highest BCUT2D eigenvalue weighted by molar-refractivity contribution is 7.10. The van der Waals surface area contributed by atoms with Crippen molar-refractivity contribution < 1.29 is 9.84 Å². The number of hydrogen-bond acceptors (Lipinski definition) is 7. The van der Waals surface area contributed by atoms with Gasteiger partial charge in [-0.3, -0.25) is 14.3 Å². The lowest BCUT2D eigenvalue weighted by atomic mass is 10.1. The van der Waals surface area contributed by atoms with Gasteiger partial charge in [-0.25, -0.2) is 9.97 Å². The van der Waals surface area contributed by atoms with E-state index in [-0.39, 0.29) is 15.9 Å². The number of halogens is 2. The summed E-state index contributed by atoms with van der Waals surface area (Å²) >= 11 is 14.5. The minimum absolute atomic E-state index is 0.0432. The molecule has 0 radical (unpaired) electrons. The van der Waals surface area contributed by atoms with Crippen LogP contribution in [0.2, 0.25) is 10.0 Å². The van der Waals surface area contributed by atoms with Crippen LogP contribution in [0.3, 0.4) is 0 Å². The SMILES string of the molecule is Cc1cc(COc2cc(C)n(-c3cc(-c4ccnc(C(C)(C)O)n4)ncc3Cl)c(=O)c2Cl)cs1. The molecule has 0 bridgehead atoms. The zero-order valence-electron chi connectivity index (χ0n) is 19.0. The van der Waals surface area contributed by atoms with Crippen molar-refractivity contribution in [3.8, 4) is 22.8 Å². The Morgan fingerprint density at radius 2 is 1.91 bits per heavy atom. The topological polar surface area (TPSA) is 90.1 Å². The summed E-state index contributed by atoms with van der Waals surface area (Å²) in [6.45, 7) is 7.30. The molecule has 1 N–H and O–H groups in total. The van der Waals surface area contributed by atoms with Crippen LogP contribution in [0.5, 0.6) is 5.75 Å². The van der Waals surface area contributed by atoms with Crippen LogP contribution in [0, 0.1) is 13.8 Å². The number of hydrogen-bond donors (Lipinski definition) is 1. The van der Waals surface area contributed by atoms with Crippen LogP contribution >= 0.6 is 34.5 Å². The second kappa shape index (κ2) is 9.46. The molecule has 0 amide bonds. The van der Waals surface area contributed by atoms with Crippen LogP contribution in [0.4, 0.5) is 0 Å². The molecule has 4 rings (SSSR count). The van der Waals surface area contributed by atoms with E-state index in [1.54, 1.807) is 56.5 Å². The minimum Gasteiger partial charge on any atom is -0.487 e. The molecular formula is C24H22Cl2N4O3S. The van der Waals surface area contributed by atoms with E-state index in [1.165, 1.54) is 15.6 Å². The number of aromatic nitrogens is 4. The number of aliphatic hydroxyl groups is 1. The molecule has 0 aliphatic heterocycles. The maximum absolute atomic E-state index is 13.2. The van der Waals surface area contributed by atoms with E-state index in [0.717, 1.165) is 5.56 Å². The van der Waals surface area contributed by atoms with Gasteiger partial charge in [-0.05, 0) is 51.3 Å². The van der Waals surface area contributed by atoms with Crippen LogP contribution < -0.4 is 10.3 Å². The van der Waals surface area contributed by atoms with Crippen molar-refractivity contribution in [1.29, 1.82) is 0 Å². The Morgan fingerprint density at radius 1 is 1.15 bits per heavy atom. The molecule has 0 aromatic carbocycles. The standard InChI is InChI=1S/C24H22Cl2N4O3S/c1-13-7-20(33-11-15-8-14(2)34-12-15)21(26)22(31)30(13)19-9-18(28-10-16(19)25)17-5-6-27-23(29-17)24(3,4)32/h5-10,12,32H,11H2,1-4H3. The van der Waals surface area contributed by atoms with Gasteiger partial charge >= 0.3 is 0 Å². The average Bonchev–Trinajstić information content (AvgIpc) is 3.21.